The highest BCUT2D eigenvalue weighted by molar-refractivity contribution is 5.89. The van der Waals surface area contributed by atoms with Gasteiger partial charge in [0.2, 0.25) is 17.9 Å². The maximum absolute atomic E-state index is 14.1. The Labute approximate surface area is 233 Å². The molecule has 5 N–H and O–H groups in total. The zero-order valence-electron chi connectivity index (χ0n) is 21.8. The van der Waals surface area contributed by atoms with E-state index in [0.717, 1.165) is 0 Å². The molecule has 2 aliphatic heterocycles. The summed E-state index contributed by atoms with van der Waals surface area (Å²) in [6, 6.07) is 12.3. The lowest BCUT2D eigenvalue weighted by molar-refractivity contribution is -0.198. The number of nitrogens with two attached hydrogens (primary N) is 1. The largest absolute Gasteiger partial charge is 0.480 e. The number of nitrogens with zero attached hydrogens (tertiary/aromatic N) is 3. The number of carboxylic acids is 2. The van der Waals surface area contributed by atoms with E-state index in [4.69, 9.17) is 10.5 Å². The molecule has 2 fully saturated rings. The molecule has 10 nitrogen and oxygen atoms in total. The zero-order chi connectivity index (χ0) is 29.4. The van der Waals surface area contributed by atoms with Crippen LogP contribution in [0.1, 0.15) is 41.3 Å². The van der Waals surface area contributed by atoms with Crippen molar-refractivity contribution in [3.8, 4) is 17.0 Å². The summed E-state index contributed by atoms with van der Waals surface area (Å²) < 4.78 is 47.8. The zero-order valence-corrected chi connectivity index (χ0v) is 21.8. The monoisotopic (exact) mass is 571 g/mol. The van der Waals surface area contributed by atoms with E-state index in [1.165, 1.54) is 42.5 Å². The highest BCUT2D eigenvalue weighted by atomic mass is 19.4. The van der Waals surface area contributed by atoms with Crippen molar-refractivity contribution >= 4 is 23.7 Å². The molecule has 1 spiro atoms. The number of aliphatic carboxylic acids is 1. The van der Waals surface area contributed by atoms with Gasteiger partial charge in [0.15, 0.2) is 0 Å². The lowest BCUT2D eigenvalue weighted by atomic mass is 9.76. The van der Waals surface area contributed by atoms with E-state index in [1.54, 1.807) is 12.1 Å². The first-order valence-electron chi connectivity index (χ1n) is 13.0. The molecule has 3 aromatic rings. The van der Waals surface area contributed by atoms with E-state index in [2.05, 4.69) is 15.3 Å². The molecule has 216 valence electrons. The summed E-state index contributed by atoms with van der Waals surface area (Å²) >= 11 is 0. The lowest BCUT2D eigenvalue weighted by Crippen LogP contribution is -2.41. The molecule has 0 aliphatic carbocycles. The number of carbonyl (C=O) groups is 2. The van der Waals surface area contributed by atoms with E-state index in [-0.39, 0.29) is 28.4 Å². The molecule has 2 aliphatic rings. The predicted molar refractivity (Wildman–Crippen MR) is 143 cm³/mol. The van der Waals surface area contributed by atoms with E-state index >= 15 is 0 Å². The first-order valence-corrected chi connectivity index (χ1v) is 13.0. The fourth-order valence-corrected chi connectivity index (χ4v) is 5.46. The molecule has 0 amide bonds. The number of halogens is 3. The van der Waals surface area contributed by atoms with Crippen molar-refractivity contribution < 1.29 is 37.7 Å². The van der Waals surface area contributed by atoms with Gasteiger partial charge in [-0.1, -0.05) is 36.4 Å². The lowest BCUT2D eigenvalue weighted by Gasteiger charge is -2.39. The highest BCUT2D eigenvalue weighted by Gasteiger charge is 2.45. The molecule has 0 radical (unpaired) electrons. The van der Waals surface area contributed by atoms with Gasteiger partial charge >= 0.3 is 18.1 Å². The summed E-state index contributed by atoms with van der Waals surface area (Å²) in [4.78, 5) is 32.6. The van der Waals surface area contributed by atoms with Gasteiger partial charge in [0, 0.05) is 31.3 Å². The molecule has 13 heteroatoms. The summed E-state index contributed by atoms with van der Waals surface area (Å²) in [6.45, 7) is 1.64. The first-order chi connectivity index (χ1) is 19.4. The number of alkyl halides is 3. The molecule has 5 rings (SSSR count). The van der Waals surface area contributed by atoms with Crippen LogP contribution >= 0.6 is 0 Å². The standard InChI is InChI=1S/C28H28F3N5O5/c29-28(30,31)23(17-6-4-16(5-7-17)18-2-1-3-19(12-18)24(37)38)41-22-13-21(34-26(32)35-22)36-10-8-27(9-11-36)14-20(25(39)40)33-15-27/h1-7,12-13,20,23,33H,8-11,14-15H2,(H,37,38)(H,39,40)(H2,32,34,35)/t20-,23?/m0/s1. The summed E-state index contributed by atoms with van der Waals surface area (Å²) in [7, 11) is 0. The van der Waals surface area contributed by atoms with Crippen LogP contribution in [0.3, 0.4) is 0 Å². The third-order valence-corrected chi connectivity index (χ3v) is 7.71. The van der Waals surface area contributed by atoms with Crippen molar-refractivity contribution in [1.29, 1.82) is 0 Å². The number of hydrogen-bond donors (Lipinski definition) is 4. The molecule has 41 heavy (non-hydrogen) atoms. The van der Waals surface area contributed by atoms with E-state index < -0.39 is 30.3 Å². The van der Waals surface area contributed by atoms with Crippen molar-refractivity contribution in [3.05, 3.63) is 65.7 Å². The van der Waals surface area contributed by atoms with Gasteiger partial charge in [0.1, 0.15) is 11.9 Å². The van der Waals surface area contributed by atoms with E-state index in [0.29, 0.717) is 55.8 Å². The fraction of sp³-hybridized carbons (Fsp3) is 0.357. The van der Waals surface area contributed by atoms with Crippen molar-refractivity contribution in [1.82, 2.24) is 15.3 Å². The third-order valence-electron chi connectivity index (χ3n) is 7.71. The molecule has 3 heterocycles. The average Bonchev–Trinajstić information content (AvgIpc) is 3.35. The fourth-order valence-electron chi connectivity index (χ4n) is 5.46. The molecule has 2 atom stereocenters. The van der Waals surface area contributed by atoms with Crippen LogP contribution in [0.4, 0.5) is 24.9 Å². The minimum Gasteiger partial charge on any atom is -0.480 e. The number of hydrogen-bond acceptors (Lipinski definition) is 8. The Morgan fingerprint density at radius 2 is 1.76 bits per heavy atom. The van der Waals surface area contributed by atoms with Crippen LogP contribution in [0.5, 0.6) is 5.88 Å². The second kappa shape index (κ2) is 10.9. The van der Waals surface area contributed by atoms with Gasteiger partial charge in [0.25, 0.3) is 0 Å². The van der Waals surface area contributed by atoms with Gasteiger partial charge in [-0.2, -0.15) is 23.1 Å². The molecule has 0 saturated carbocycles. The number of carboxylic acid groups (broad SMARTS) is 2. The van der Waals surface area contributed by atoms with Gasteiger partial charge in [-0.05, 0) is 47.9 Å². The summed E-state index contributed by atoms with van der Waals surface area (Å²) in [5.41, 5.74) is 6.68. The van der Waals surface area contributed by atoms with Gasteiger partial charge < -0.3 is 30.9 Å². The molecule has 1 unspecified atom stereocenters. The van der Waals surface area contributed by atoms with Crippen LogP contribution in [0.25, 0.3) is 11.1 Å². The summed E-state index contributed by atoms with van der Waals surface area (Å²) in [6.07, 6.45) is -5.22. The Morgan fingerprint density at radius 1 is 1.05 bits per heavy atom. The Kier molecular flexibility index (Phi) is 7.47. The number of ether oxygens (including phenoxy) is 1. The predicted octanol–water partition coefficient (Wildman–Crippen LogP) is 4.14. The normalized spacial score (nSPS) is 19.2. The van der Waals surface area contributed by atoms with Crippen LogP contribution in [0, 0.1) is 5.41 Å². The number of rotatable bonds is 7. The van der Waals surface area contributed by atoms with Crippen LogP contribution in [0.15, 0.2) is 54.6 Å². The molecule has 2 aromatic carbocycles. The minimum atomic E-state index is -4.78. The number of anilines is 2. The Hall–Kier alpha value is -4.39. The second-order valence-electron chi connectivity index (χ2n) is 10.4. The van der Waals surface area contributed by atoms with Crippen LogP contribution in [-0.4, -0.2) is 64.0 Å². The van der Waals surface area contributed by atoms with Crippen molar-refractivity contribution in [2.75, 3.05) is 30.3 Å². The summed E-state index contributed by atoms with van der Waals surface area (Å²) in [5, 5.41) is 21.6. The van der Waals surface area contributed by atoms with Crippen LogP contribution in [-0.2, 0) is 4.79 Å². The van der Waals surface area contributed by atoms with Crippen molar-refractivity contribution in [3.63, 3.8) is 0 Å². The number of benzene rings is 2. The number of nitrogen functional groups attached to an aromatic ring is 1. The highest BCUT2D eigenvalue weighted by Crippen LogP contribution is 2.41. The number of aromatic carboxylic acids is 1. The van der Waals surface area contributed by atoms with Crippen LogP contribution < -0.4 is 20.7 Å². The molecule has 1 aromatic heterocycles. The third kappa shape index (κ3) is 6.19. The van der Waals surface area contributed by atoms with Gasteiger partial charge in [-0.3, -0.25) is 4.79 Å². The molecule has 2 saturated heterocycles. The van der Waals surface area contributed by atoms with Gasteiger partial charge in [0.05, 0.1) is 5.56 Å². The Bertz CT molecular complexity index is 1440. The average molecular weight is 572 g/mol. The SMILES string of the molecule is Nc1nc(OC(c2ccc(-c3cccc(C(=O)O)c3)cc2)C(F)(F)F)cc(N2CCC3(CC2)CN[C@H](C(=O)O)C3)n1. The Morgan fingerprint density at radius 3 is 2.37 bits per heavy atom. The topological polar surface area (TPSA) is 151 Å². The van der Waals surface area contributed by atoms with Gasteiger partial charge in [-0.15, -0.1) is 0 Å². The number of aromatic nitrogens is 2. The van der Waals surface area contributed by atoms with Crippen LogP contribution in [0.2, 0.25) is 0 Å². The quantitative estimate of drug-likeness (QED) is 0.326. The Balaban J connectivity index is 1.33. The maximum Gasteiger partial charge on any atom is 0.429 e. The van der Waals surface area contributed by atoms with Gasteiger partial charge in [-0.25, -0.2) is 4.79 Å². The molecular weight excluding hydrogens is 543 g/mol. The van der Waals surface area contributed by atoms with E-state index in [9.17, 15) is 33.0 Å². The molecular formula is C28H28F3N5O5. The minimum absolute atomic E-state index is 0.0634. The van der Waals surface area contributed by atoms with Crippen molar-refractivity contribution in [2.24, 2.45) is 5.41 Å². The second-order valence-corrected chi connectivity index (χ2v) is 10.4. The maximum atomic E-state index is 14.1. The van der Waals surface area contributed by atoms with Crippen molar-refractivity contribution in [2.45, 2.75) is 37.6 Å². The number of nitrogens with one attached hydrogen (secondary N) is 1. The smallest absolute Gasteiger partial charge is 0.429 e. The molecule has 0 bridgehead atoms. The summed E-state index contributed by atoms with van der Waals surface area (Å²) in [5.74, 6) is -2.22. The number of piperidine rings is 1. The first kappa shape index (κ1) is 28.1. The van der Waals surface area contributed by atoms with E-state index in [1.807, 2.05) is 4.90 Å².